The second-order valence-corrected chi connectivity index (χ2v) is 6.25. The first-order valence-electron chi connectivity index (χ1n) is 7.90. The zero-order chi connectivity index (χ0) is 16.0. The Morgan fingerprint density at radius 1 is 1.22 bits per heavy atom. The maximum Gasteiger partial charge on any atom is 0.329 e. The van der Waals surface area contributed by atoms with E-state index in [0.717, 1.165) is 31.1 Å². The quantitative estimate of drug-likeness (QED) is 0.663. The fourth-order valence-corrected chi connectivity index (χ4v) is 3.68. The molecule has 7 heteroatoms. The Hall–Kier alpha value is -2.41. The molecule has 1 fully saturated rings. The molecule has 7 nitrogen and oxygen atoms in total. The van der Waals surface area contributed by atoms with Gasteiger partial charge in [-0.05, 0) is 37.7 Å². The van der Waals surface area contributed by atoms with Crippen LogP contribution in [0.15, 0.2) is 28.0 Å². The predicted molar refractivity (Wildman–Crippen MR) is 86.6 cm³/mol. The molecule has 3 heterocycles. The number of nitrogens with zero attached hydrogens (tertiary/aromatic N) is 2. The number of hydrogen-bond acceptors (Lipinski definition) is 4. The van der Waals surface area contributed by atoms with Crippen molar-refractivity contribution in [3.8, 4) is 0 Å². The normalized spacial score (nSPS) is 22.0. The topological polar surface area (TPSA) is 104 Å². The van der Waals surface area contributed by atoms with Crippen LogP contribution in [0.4, 0.5) is 0 Å². The lowest BCUT2D eigenvalue weighted by Crippen LogP contribution is -2.35. The Morgan fingerprint density at radius 2 is 2.00 bits per heavy atom. The monoisotopic (exact) mass is 314 g/mol. The SMILES string of the molecule is O=c1[nH]c(=O)n(C2CCC(CO)CC2)c2c1cnc1[nH]ccc12. The van der Waals surface area contributed by atoms with Crippen LogP contribution in [0.3, 0.4) is 0 Å². The third kappa shape index (κ3) is 2.19. The maximum atomic E-state index is 12.5. The summed E-state index contributed by atoms with van der Waals surface area (Å²) in [5.74, 6) is 0.310. The van der Waals surface area contributed by atoms with Crippen molar-refractivity contribution < 1.29 is 5.11 Å². The molecule has 3 N–H and O–H groups in total. The summed E-state index contributed by atoms with van der Waals surface area (Å²) in [6, 6.07) is 1.88. The number of H-pyrrole nitrogens is 2. The highest BCUT2D eigenvalue weighted by Crippen LogP contribution is 2.33. The Kier molecular flexibility index (Phi) is 3.30. The molecule has 0 saturated heterocycles. The zero-order valence-corrected chi connectivity index (χ0v) is 12.6. The van der Waals surface area contributed by atoms with Crippen LogP contribution in [-0.4, -0.2) is 31.2 Å². The molecule has 0 radical (unpaired) electrons. The fourth-order valence-electron chi connectivity index (χ4n) is 3.68. The van der Waals surface area contributed by atoms with Crippen LogP contribution in [0, 0.1) is 5.92 Å². The van der Waals surface area contributed by atoms with E-state index < -0.39 is 5.56 Å². The zero-order valence-electron chi connectivity index (χ0n) is 12.6. The van der Waals surface area contributed by atoms with Crippen LogP contribution in [0.1, 0.15) is 31.7 Å². The van der Waals surface area contributed by atoms with E-state index in [9.17, 15) is 14.7 Å². The minimum atomic E-state index is -0.402. The van der Waals surface area contributed by atoms with Crippen molar-refractivity contribution in [2.24, 2.45) is 5.92 Å². The summed E-state index contributed by atoms with van der Waals surface area (Å²) < 4.78 is 1.71. The van der Waals surface area contributed by atoms with Crippen molar-refractivity contribution in [3.05, 3.63) is 39.3 Å². The molecule has 1 aliphatic rings. The first-order valence-corrected chi connectivity index (χ1v) is 7.90. The highest BCUT2D eigenvalue weighted by molar-refractivity contribution is 6.01. The lowest BCUT2D eigenvalue weighted by molar-refractivity contribution is 0.168. The summed E-state index contributed by atoms with van der Waals surface area (Å²) in [5, 5.41) is 10.5. The van der Waals surface area contributed by atoms with Crippen molar-refractivity contribution >= 4 is 21.9 Å². The van der Waals surface area contributed by atoms with Crippen LogP contribution in [0.25, 0.3) is 21.9 Å². The van der Waals surface area contributed by atoms with Gasteiger partial charge in [-0.2, -0.15) is 0 Å². The van der Waals surface area contributed by atoms with Crippen molar-refractivity contribution in [2.45, 2.75) is 31.7 Å². The minimum Gasteiger partial charge on any atom is -0.396 e. The van der Waals surface area contributed by atoms with Gasteiger partial charge in [0.05, 0.1) is 10.9 Å². The Morgan fingerprint density at radius 3 is 2.74 bits per heavy atom. The highest BCUT2D eigenvalue weighted by atomic mass is 16.3. The van der Waals surface area contributed by atoms with E-state index >= 15 is 0 Å². The summed E-state index contributed by atoms with van der Waals surface area (Å²) >= 11 is 0. The van der Waals surface area contributed by atoms with E-state index in [1.807, 2.05) is 6.07 Å². The van der Waals surface area contributed by atoms with Gasteiger partial charge >= 0.3 is 5.69 Å². The van der Waals surface area contributed by atoms with Crippen LogP contribution < -0.4 is 11.2 Å². The molecule has 0 amide bonds. The molecule has 0 unspecified atom stereocenters. The molecular weight excluding hydrogens is 296 g/mol. The Bertz CT molecular complexity index is 976. The molecule has 3 aromatic heterocycles. The number of rotatable bonds is 2. The molecule has 0 atom stereocenters. The maximum absolute atomic E-state index is 12.5. The highest BCUT2D eigenvalue weighted by Gasteiger charge is 2.25. The lowest BCUT2D eigenvalue weighted by atomic mass is 9.86. The Labute approximate surface area is 131 Å². The Balaban J connectivity index is 1.97. The molecule has 4 rings (SSSR count). The second kappa shape index (κ2) is 5.34. The summed E-state index contributed by atoms with van der Waals surface area (Å²) in [4.78, 5) is 34.3. The van der Waals surface area contributed by atoms with Gasteiger partial charge in [0, 0.05) is 30.4 Å². The first-order chi connectivity index (χ1) is 11.2. The van der Waals surface area contributed by atoms with Gasteiger partial charge in [0.25, 0.3) is 5.56 Å². The third-order valence-corrected chi connectivity index (χ3v) is 4.92. The molecule has 0 aromatic carbocycles. The molecule has 23 heavy (non-hydrogen) atoms. The van der Waals surface area contributed by atoms with E-state index in [1.54, 1.807) is 10.8 Å². The van der Waals surface area contributed by atoms with E-state index in [0.29, 0.717) is 22.5 Å². The van der Waals surface area contributed by atoms with Gasteiger partial charge in [-0.1, -0.05) is 0 Å². The van der Waals surface area contributed by atoms with Gasteiger partial charge < -0.3 is 10.1 Å². The van der Waals surface area contributed by atoms with Gasteiger partial charge in [0.2, 0.25) is 0 Å². The number of aromatic amines is 2. The number of aliphatic hydroxyl groups excluding tert-OH is 1. The number of aromatic nitrogens is 4. The molecule has 120 valence electrons. The summed E-state index contributed by atoms with van der Waals surface area (Å²) in [5.41, 5.74) is 0.544. The summed E-state index contributed by atoms with van der Waals surface area (Å²) in [6.45, 7) is 0.194. The average molecular weight is 314 g/mol. The molecule has 1 aliphatic carbocycles. The van der Waals surface area contributed by atoms with Crippen molar-refractivity contribution in [3.63, 3.8) is 0 Å². The molecular formula is C16H18N4O3. The number of aliphatic hydroxyl groups is 1. The fraction of sp³-hybridized carbons (Fsp3) is 0.438. The van der Waals surface area contributed by atoms with Gasteiger partial charge in [0.15, 0.2) is 0 Å². The van der Waals surface area contributed by atoms with Crippen LogP contribution in [0.2, 0.25) is 0 Å². The molecule has 3 aromatic rings. The minimum absolute atomic E-state index is 0.0325. The van der Waals surface area contributed by atoms with Crippen LogP contribution >= 0.6 is 0 Å². The smallest absolute Gasteiger partial charge is 0.329 e. The van der Waals surface area contributed by atoms with Gasteiger partial charge in [-0.3, -0.25) is 14.3 Å². The van der Waals surface area contributed by atoms with Gasteiger partial charge in [-0.25, -0.2) is 9.78 Å². The van der Waals surface area contributed by atoms with Gasteiger partial charge in [0.1, 0.15) is 5.65 Å². The van der Waals surface area contributed by atoms with E-state index in [1.165, 1.54) is 6.20 Å². The summed E-state index contributed by atoms with van der Waals surface area (Å²) in [6.07, 6.45) is 6.68. The second-order valence-electron chi connectivity index (χ2n) is 6.25. The molecule has 1 saturated carbocycles. The van der Waals surface area contributed by atoms with Crippen molar-refractivity contribution in [1.82, 2.24) is 19.5 Å². The number of nitrogens with one attached hydrogen (secondary N) is 2. The van der Waals surface area contributed by atoms with Crippen molar-refractivity contribution in [1.29, 1.82) is 0 Å². The standard InChI is InChI=1S/C16H18N4O3/c21-8-9-1-3-10(4-2-9)20-13-11-5-6-17-14(11)18-7-12(13)15(22)19-16(20)23/h5-7,9-10,21H,1-4,8H2,(H,17,18)(H,19,22,23). The number of fused-ring (bicyclic) bond motifs is 3. The third-order valence-electron chi connectivity index (χ3n) is 4.92. The van der Waals surface area contributed by atoms with E-state index in [4.69, 9.17) is 0 Å². The molecule has 0 bridgehead atoms. The lowest BCUT2D eigenvalue weighted by Gasteiger charge is -2.29. The largest absolute Gasteiger partial charge is 0.396 e. The molecule has 0 spiro atoms. The van der Waals surface area contributed by atoms with E-state index in [-0.39, 0.29) is 18.3 Å². The van der Waals surface area contributed by atoms with Gasteiger partial charge in [-0.15, -0.1) is 0 Å². The summed E-state index contributed by atoms with van der Waals surface area (Å²) in [7, 11) is 0. The average Bonchev–Trinajstić information content (AvgIpc) is 3.04. The van der Waals surface area contributed by atoms with Crippen molar-refractivity contribution in [2.75, 3.05) is 6.61 Å². The molecule has 0 aliphatic heterocycles. The number of hydrogen-bond donors (Lipinski definition) is 3. The number of pyridine rings is 1. The van der Waals surface area contributed by atoms with E-state index in [2.05, 4.69) is 15.0 Å². The first kappa shape index (κ1) is 14.2. The predicted octanol–water partition coefficient (Wildman–Crippen LogP) is 1.29. The van der Waals surface area contributed by atoms with Crippen LogP contribution in [0.5, 0.6) is 0 Å². The van der Waals surface area contributed by atoms with Crippen LogP contribution in [-0.2, 0) is 0 Å².